The zero-order valence-electron chi connectivity index (χ0n) is 13.9. The number of nitrogens with zero attached hydrogens (tertiary/aromatic N) is 1. The molecular weight excluding hydrogens is 260 g/mol. The van der Waals surface area contributed by atoms with Gasteiger partial charge in [0.2, 0.25) is 5.91 Å². The van der Waals surface area contributed by atoms with Crippen molar-refractivity contribution in [3.8, 4) is 0 Å². The van der Waals surface area contributed by atoms with Crippen LogP contribution in [0, 0.1) is 11.8 Å². The lowest BCUT2D eigenvalue weighted by Gasteiger charge is -2.32. The second-order valence-corrected chi connectivity index (χ2v) is 6.27. The molecule has 0 bridgehead atoms. The lowest BCUT2D eigenvalue weighted by atomic mass is 9.95. The second kappa shape index (κ2) is 8.83. The van der Waals surface area contributed by atoms with Gasteiger partial charge in [-0.15, -0.1) is 0 Å². The van der Waals surface area contributed by atoms with Crippen molar-refractivity contribution in [3.63, 3.8) is 0 Å². The fourth-order valence-corrected chi connectivity index (χ4v) is 2.55. The Hall–Kier alpha value is -1.35. The van der Waals surface area contributed by atoms with E-state index in [0.29, 0.717) is 19.0 Å². The van der Waals surface area contributed by atoms with E-state index < -0.39 is 0 Å². The average molecular weight is 290 g/mol. The van der Waals surface area contributed by atoms with Crippen LogP contribution in [0.25, 0.3) is 0 Å². The topological polar surface area (TPSA) is 46.3 Å². The largest absolute Gasteiger partial charge is 0.335 e. The predicted octanol–water partition coefficient (Wildman–Crippen LogP) is 3.43. The molecule has 1 amide bonds. The van der Waals surface area contributed by atoms with Gasteiger partial charge < -0.3 is 10.6 Å². The molecule has 0 aliphatic carbocycles. The molecule has 3 nitrogen and oxygen atoms in total. The minimum atomic E-state index is -0.0669. The highest BCUT2D eigenvalue weighted by molar-refractivity contribution is 5.79. The van der Waals surface area contributed by atoms with Crippen molar-refractivity contribution >= 4 is 5.91 Å². The van der Waals surface area contributed by atoms with Gasteiger partial charge in [-0.3, -0.25) is 4.79 Å². The van der Waals surface area contributed by atoms with Gasteiger partial charge in [0.15, 0.2) is 0 Å². The fourth-order valence-electron chi connectivity index (χ4n) is 2.55. The summed E-state index contributed by atoms with van der Waals surface area (Å²) in [6, 6.07) is 10.4. The summed E-state index contributed by atoms with van der Waals surface area (Å²) < 4.78 is 0. The highest BCUT2D eigenvalue weighted by atomic mass is 16.2. The Morgan fingerprint density at radius 2 is 1.81 bits per heavy atom. The summed E-state index contributed by atoms with van der Waals surface area (Å²) in [4.78, 5) is 14.9. The van der Waals surface area contributed by atoms with E-state index in [1.807, 2.05) is 23.1 Å². The number of amides is 1. The van der Waals surface area contributed by atoms with Crippen LogP contribution in [-0.2, 0) is 11.3 Å². The molecule has 0 radical (unpaired) electrons. The lowest BCUT2D eigenvalue weighted by Crippen LogP contribution is -2.44. The number of nitrogens with two attached hydrogens (primary N) is 1. The van der Waals surface area contributed by atoms with Crippen molar-refractivity contribution in [2.45, 2.75) is 53.1 Å². The third-order valence-corrected chi connectivity index (χ3v) is 3.99. The molecule has 0 aromatic heterocycles. The SMILES string of the molecule is CCC(C)N(Cc1ccccc1)C(=O)C(CN)CC(C)C. The molecule has 0 saturated heterocycles. The monoisotopic (exact) mass is 290 g/mol. The van der Waals surface area contributed by atoms with E-state index in [0.717, 1.165) is 12.8 Å². The van der Waals surface area contributed by atoms with Gasteiger partial charge in [0, 0.05) is 19.1 Å². The molecule has 1 aromatic rings. The molecule has 0 aliphatic rings. The van der Waals surface area contributed by atoms with Crippen LogP contribution in [0.15, 0.2) is 30.3 Å². The maximum absolute atomic E-state index is 12.9. The fraction of sp³-hybridized carbons (Fsp3) is 0.611. The number of benzene rings is 1. The van der Waals surface area contributed by atoms with Crippen molar-refractivity contribution in [3.05, 3.63) is 35.9 Å². The number of carbonyl (C=O) groups is 1. The van der Waals surface area contributed by atoms with Crippen molar-refractivity contribution < 1.29 is 4.79 Å². The number of rotatable bonds is 8. The lowest BCUT2D eigenvalue weighted by molar-refractivity contribution is -0.138. The van der Waals surface area contributed by atoms with Crippen LogP contribution in [0.5, 0.6) is 0 Å². The maximum atomic E-state index is 12.9. The van der Waals surface area contributed by atoms with Crippen LogP contribution in [-0.4, -0.2) is 23.4 Å². The van der Waals surface area contributed by atoms with Gasteiger partial charge in [-0.1, -0.05) is 51.1 Å². The molecule has 118 valence electrons. The van der Waals surface area contributed by atoms with Crippen LogP contribution in [0.2, 0.25) is 0 Å². The average Bonchev–Trinajstić information content (AvgIpc) is 2.49. The summed E-state index contributed by atoms with van der Waals surface area (Å²) >= 11 is 0. The minimum absolute atomic E-state index is 0.0669. The van der Waals surface area contributed by atoms with E-state index in [9.17, 15) is 4.79 Å². The summed E-state index contributed by atoms with van der Waals surface area (Å²) in [5.41, 5.74) is 7.02. The zero-order valence-corrected chi connectivity index (χ0v) is 13.9. The summed E-state index contributed by atoms with van der Waals surface area (Å²) in [5, 5.41) is 0. The zero-order chi connectivity index (χ0) is 15.8. The van der Waals surface area contributed by atoms with E-state index in [4.69, 9.17) is 5.73 Å². The Labute approximate surface area is 129 Å². The summed E-state index contributed by atoms with van der Waals surface area (Å²) in [7, 11) is 0. The highest BCUT2D eigenvalue weighted by Gasteiger charge is 2.26. The molecule has 2 N–H and O–H groups in total. The van der Waals surface area contributed by atoms with Crippen LogP contribution in [0.1, 0.15) is 46.1 Å². The summed E-state index contributed by atoms with van der Waals surface area (Å²) in [6.07, 6.45) is 1.81. The van der Waals surface area contributed by atoms with Crippen molar-refractivity contribution in [2.75, 3.05) is 6.54 Å². The molecule has 3 heteroatoms. The van der Waals surface area contributed by atoms with Gasteiger partial charge in [0.25, 0.3) is 0 Å². The Balaban J connectivity index is 2.88. The molecule has 21 heavy (non-hydrogen) atoms. The summed E-state index contributed by atoms with van der Waals surface area (Å²) in [6.45, 7) is 9.61. The Morgan fingerprint density at radius 3 is 2.29 bits per heavy atom. The molecule has 0 saturated carbocycles. The van der Waals surface area contributed by atoms with Crippen molar-refractivity contribution in [2.24, 2.45) is 17.6 Å². The van der Waals surface area contributed by atoms with Gasteiger partial charge >= 0.3 is 0 Å². The third-order valence-electron chi connectivity index (χ3n) is 3.99. The summed E-state index contributed by atoms with van der Waals surface area (Å²) in [5.74, 6) is 0.616. The molecule has 1 rings (SSSR count). The van der Waals surface area contributed by atoms with E-state index in [2.05, 4.69) is 39.8 Å². The van der Waals surface area contributed by atoms with E-state index in [1.165, 1.54) is 5.56 Å². The molecular formula is C18H30N2O. The molecule has 2 atom stereocenters. The Bertz CT molecular complexity index is 416. The smallest absolute Gasteiger partial charge is 0.227 e. The maximum Gasteiger partial charge on any atom is 0.227 e. The van der Waals surface area contributed by atoms with E-state index in [-0.39, 0.29) is 17.9 Å². The Morgan fingerprint density at radius 1 is 1.19 bits per heavy atom. The third kappa shape index (κ3) is 5.50. The minimum Gasteiger partial charge on any atom is -0.335 e. The quantitative estimate of drug-likeness (QED) is 0.797. The first-order valence-electron chi connectivity index (χ1n) is 8.04. The van der Waals surface area contributed by atoms with Gasteiger partial charge in [0.1, 0.15) is 0 Å². The van der Waals surface area contributed by atoms with Gasteiger partial charge in [-0.2, -0.15) is 0 Å². The van der Waals surface area contributed by atoms with Crippen LogP contribution < -0.4 is 5.73 Å². The van der Waals surface area contributed by atoms with Crippen LogP contribution in [0.3, 0.4) is 0 Å². The van der Waals surface area contributed by atoms with E-state index >= 15 is 0 Å². The van der Waals surface area contributed by atoms with Gasteiger partial charge in [-0.25, -0.2) is 0 Å². The normalized spacial score (nSPS) is 14.0. The standard InChI is InChI=1S/C18H30N2O/c1-5-15(4)20(13-16-9-7-6-8-10-16)18(21)17(12-19)11-14(2)3/h6-10,14-15,17H,5,11-13,19H2,1-4H3. The van der Waals surface area contributed by atoms with Crippen LogP contribution in [0.4, 0.5) is 0 Å². The number of hydrogen-bond acceptors (Lipinski definition) is 2. The molecule has 2 unspecified atom stereocenters. The van der Waals surface area contributed by atoms with Crippen molar-refractivity contribution in [1.82, 2.24) is 4.90 Å². The molecule has 0 heterocycles. The number of carbonyl (C=O) groups excluding carboxylic acids is 1. The predicted molar refractivity (Wildman–Crippen MR) is 88.7 cm³/mol. The molecule has 0 spiro atoms. The molecule has 0 aliphatic heterocycles. The van der Waals surface area contributed by atoms with E-state index in [1.54, 1.807) is 0 Å². The molecule has 0 fully saturated rings. The first-order chi connectivity index (χ1) is 9.99. The Kier molecular flexibility index (Phi) is 7.44. The van der Waals surface area contributed by atoms with Crippen LogP contribution >= 0.6 is 0 Å². The first kappa shape index (κ1) is 17.7. The van der Waals surface area contributed by atoms with Crippen molar-refractivity contribution in [1.29, 1.82) is 0 Å². The second-order valence-electron chi connectivity index (χ2n) is 6.27. The molecule has 1 aromatic carbocycles. The van der Waals surface area contributed by atoms with Gasteiger partial charge in [-0.05, 0) is 31.2 Å². The van der Waals surface area contributed by atoms with Gasteiger partial charge in [0.05, 0.1) is 5.92 Å². The first-order valence-corrected chi connectivity index (χ1v) is 8.04. The number of hydrogen-bond donors (Lipinski definition) is 1. The highest BCUT2D eigenvalue weighted by Crippen LogP contribution is 2.19.